The van der Waals surface area contributed by atoms with Crippen molar-refractivity contribution < 1.29 is 8.81 Å². The number of aliphatic imine (C=N–C) groups is 1. The summed E-state index contributed by atoms with van der Waals surface area (Å²) < 4.78 is 19.3. The van der Waals surface area contributed by atoms with Crippen molar-refractivity contribution in [2.45, 2.75) is 31.8 Å². The van der Waals surface area contributed by atoms with E-state index in [2.05, 4.69) is 10.3 Å². The number of furan rings is 1. The second-order valence-corrected chi connectivity index (χ2v) is 5.26. The highest BCUT2D eigenvalue weighted by molar-refractivity contribution is 5.78. The van der Waals surface area contributed by atoms with Gasteiger partial charge in [0.05, 0.1) is 12.8 Å². The third-order valence-corrected chi connectivity index (χ3v) is 3.74. The number of guanidine groups is 1. The Morgan fingerprint density at radius 1 is 1.38 bits per heavy atom. The summed E-state index contributed by atoms with van der Waals surface area (Å²) in [5.74, 6) is 0.730. The number of nitrogens with one attached hydrogen (secondary N) is 1. The number of halogens is 1. The molecule has 0 atom stereocenters. The van der Waals surface area contributed by atoms with Gasteiger partial charge in [0.2, 0.25) is 0 Å². The van der Waals surface area contributed by atoms with Gasteiger partial charge in [-0.25, -0.2) is 9.38 Å². The van der Waals surface area contributed by atoms with Crippen LogP contribution in [-0.4, -0.2) is 12.0 Å². The van der Waals surface area contributed by atoms with E-state index in [0.29, 0.717) is 28.9 Å². The number of rotatable bonds is 4. The monoisotopic (exact) mass is 287 g/mol. The lowest BCUT2D eigenvalue weighted by Gasteiger charge is -2.26. The van der Waals surface area contributed by atoms with E-state index in [-0.39, 0.29) is 12.4 Å². The van der Waals surface area contributed by atoms with E-state index in [0.717, 1.165) is 12.8 Å². The number of nitrogens with zero attached hydrogens (tertiary/aromatic N) is 1. The van der Waals surface area contributed by atoms with Crippen LogP contribution in [0.1, 0.15) is 24.8 Å². The van der Waals surface area contributed by atoms with Gasteiger partial charge in [0.15, 0.2) is 5.96 Å². The zero-order valence-electron chi connectivity index (χ0n) is 11.7. The van der Waals surface area contributed by atoms with Gasteiger partial charge in [-0.2, -0.15) is 0 Å². The van der Waals surface area contributed by atoms with Gasteiger partial charge in [-0.1, -0.05) is 12.1 Å². The molecule has 0 bridgehead atoms. The van der Waals surface area contributed by atoms with Crippen molar-refractivity contribution in [1.82, 2.24) is 5.32 Å². The first-order valence-electron chi connectivity index (χ1n) is 7.11. The lowest BCUT2D eigenvalue weighted by molar-refractivity contribution is 0.382. The first kappa shape index (κ1) is 13.7. The highest BCUT2D eigenvalue weighted by Crippen LogP contribution is 2.22. The van der Waals surface area contributed by atoms with Crippen molar-refractivity contribution in [1.29, 1.82) is 0 Å². The van der Waals surface area contributed by atoms with Gasteiger partial charge in [-0.15, -0.1) is 0 Å². The van der Waals surface area contributed by atoms with E-state index < -0.39 is 0 Å². The van der Waals surface area contributed by atoms with Gasteiger partial charge in [-0.05, 0) is 37.5 Å². The zero-order valence-corrected chi connectivity index (χ0v) is 11.7. The summed E-state index contributed by atoms with van der Waals surface area (Å²) in [5.41, 5.74) is 7.02. The summed E-state index contributed by atoms with van der Waals surface area (Å²) in [5, 5.41) is 3.13. The second-order valence-electron chi connectivity index (χ2n) is 5.26. The third-order valence-electron chi connectivity index (χ3n) is 3.74. The minimum absolute atomic E-state index is 0.232. The molecule has 4 nitrogen and oxygen atoms in total. The third kappa shape index (κ3) is 3.24. The minimum Gasteiger partial charge on any atom is -0.464 e. The molecule has 5 heteroatoms. The Morgan fingerprint density at radius 2 is 2.24 bits per heavy atom. The molecule has 0 radical (unpaired) electrons. The molecular weight excluding hydrogens is 269 g/mol. The summed E-state index contributed by atoms with van der Waals surface area (Å²) in [6.07, 6.45) is 5.05. The molecule has 1 fully saturated rings. The minimum atomic E-state index is -0.302. The Morgan fingerprint density at radius 3 is 2.86 bits per heavy atom. The van der Waals surface area contributed by atoms with Crippen molar-refractivity contribution in [2.24, 2.45) is 10.7 Å². The highest BCUT2D eigenvalue weighted by atomic mass is 19.1. The first-order valence-corrected chi connectivity index (χ1v) is 7.11. The molecule has 1 aliphatic rings. The molecule has 3 N–H and O–H groups in total. The van der Waals surface area contributed by atoms with E-state index in [1.54, 1.807) is 24.5 Å². The van der Waals surface area contributed by atoms with Crippen molar-refractivity contribution in [3.8, 4) is 11.3 Å². The van der Waals surface area contributed by atoms with Crippen molar-refractivity contribution >= 4 is 5.96 Å². The highest BCUT2D eigenvalue weighted by Gasteiger charge is 2.17. The quantitative estimate of drug-likeness (QED) is 0.671. The fourth-order valence-electron chi connectivity index (χ4n) is 2.25. The topological polar surface area (TPSA) is 63.5 Å². The molecule has 0 saturated heterocycles. The van der Waals surface area contributed by atoms with Gasteiger partial charge in [-0.3, -0.25) is 0 Å². The van der Waals surface area contributed by atoms with Gasteiger partial charge < -0.3 is 15.5 Å². The largest absolute Gasteiger partial charge is 0.464 e. The van der Waals surface area contributed by atoms with Gasteiger partial charge in [0.1, 0.15) is 11.6 Å². The molecule has 3 rings (SSSR count). The van der Waals surface area contributed by atoms with E-state index in [1.165, 1.54) is 12.5 Å². The SMILES string of the molecule is NC(=NCc1ccc(-c2ccco2)cc1F)NC1CCC1. The van der Waals surface area contributed by atoms with Gasteiger partial charge >= 0.3 is 0 Å². The van der Waals surface area contributed by atoms with Crippen molar-refractivity contribution in [3.63, 3.8) is 0 Å². The molecule has 1 aliphatic carbocycles. The van der Waals surface area contributed by atoms with Crippen LogP contribution in [0, 0.1) is 5.82 Å². The molecule has 1 aromatic heterocycles. The standard InChI is InChI=1S/C16H18FN3O/c17-14-9-11(15-5-2-8-21-15)6-7-12(14)10-19-16(18)20-13-3-1-4-13/h2,5-9,13H,1,3-4,10H2,(H3,18,19,20). The molecule has 0 amide bonds. The average molecular weight is 287 g/mol. The lowest BCUT2D eigenvalue weighted by Crippen LogP contribution is -2.43. The van der Waals surface area contributed by atoms with Crippen LogP contribution in [0.3, 0.4) is 0 Å². The Hall–Kier alpha value is -2.30. The van der Waals surface area contributed by atoms with Crippen molar-refractivity contribution in [2.75, 3.05) is 0 Å². The fourth-order valence-corrected chi connectivity index (χ4v) is 2.25. The van der Waals surface area contributed by atoms with E-state index in [1.807, 2.05) is 6.07 Å². The summed E-state index contributed by atoms with van der Waals surface area (Å²) in [6.45, 7) is 0.232. The molecular formula is C16H18FN3O. The maximum Gasteiger partial charge on any atom is 0.189 e. The molecule has 2 aromatic rings. The number of benzene rings is 1. The second kappa shape index (κ2) is 5.99. The Kier molecular flexibility index (Phi) is 3.90. The molecule has 110 valence electrons. The van der Waals surface area contributed by atoms with Crippen LogP contribution < -0.4 is 11.1 Å². The van der Waals surface area contributed by atoms with Crippen molar-refractivity contribution in [3.05, 3.63) is 48.0 Å². The molecule has 21 heavy (non-hydrogen) atoms. The summed E-state index contributed by atoms with van der Waals surface area (Å²) in [6, 6.07) is 9.00. The van der Waals surface area contributed by atoms with Gasteiger partial charge in [0, 0.05) is 17.2 Å². The summed E-state index contributed by atoms with van der Waals surface area (Å²) >= 11 is 0. The lowest BCUT2D eigenvalue weighted by atomic mass is 9.93. The van der Waals surface area contributed by atoms with Crippen LogP contribution in [0.4, 0.5) is 4.39 Å². The van der Waals surface area contributed by atoms with E-state index in [4.69, 9.17) is 10.2 Å². The van der Waals surface area contributed by atoms with E-state index in [9.17, 15) is 4.39 Å². The molecule has 1 saturated carbocycles. The Bertz CT molecular complexity index is 633. The van der Waals surface area contributed by atoms with Crippen LogP contribution in [0.25, 0.3) is 11.3 Å². The van der Waals surface area contributed by atoms with Crippen LogP contribution in [0.15, 0.2) is 46.0 Å². The summed E-state index contributed by atoms with van der Waals surface area (Å²) in [4.78, 5) is 4.19. The molecule has 0 aliphatic heterocycles. The normalized spacial score (nSPS) is 15.8. The molecule has 1 aromatic carbocycles. The van der Waals surface area contributed by atoms with Gasteiger partial charge in [0.25, 0.3) is 0 Å². The maximum atomic E-state index is 14.1. The number of hydrogen-bond donors (Lipinski definition) is 2. The molecule has 1 heterocycles. The van der Waals surface area contributed by atoms with E-state index >= 15 is 0 Å². The number of hydrogen-bond acceptors (Lipinski definition) is 2. The van der Waals surface area contributed by atoms with Crippen LogP contribution in [0.5, 0.6) is 0 Å². The average Bonchev–Trinajstić information content (AvgIpc) is 2.95. The predicted molar refractivity (Wildman–Crippen MR) is 80.2 cm³/mol. The number of nitrogens with two attached hydrogens (primary N) is 1. The van der Waals surface area contributed by atoms with Crippen LogP contribution in [-0.2, 0) is 6.54 Å². The first-order chi connectivity index (χ1) is 10.2. The maximum absolute atomic E-state index is 14.1. The Balaban J connectivity index is 1.66. The summed E-state index contributed by atoms with van der Waals surface area (Å²) in [7, 11) is 0. The van der Waals surface area contributed by atoms with Crippen LogP contribution >= 0.6 is 0 Å². The van der Waals surface area contributed by atoms with Crippen LogP contribution in [0.2, 0.25) is 0 Å². The zero-order chi connectivity index (χ0) is 14.7. The molecule has 0 spiro atoms. The fraction of sp³-hybridized carbons (Fsp3) is 0.312. The molecule has 0 unspecified atom stereocenters. The Labute approximate surface area is 122 Å². The smallest absolute Gasteiger partial charge is 0.189 e. The predicted octanol–water partition coefficient (Wildman–Crippen LogP) is 3.04.